The number of hydrogen-bond acceptors (Lipinski definition) is 3. The van der Waals surface area contributed by atoms with Gasteiger partial charge in [-0.3, -0.25) is 9.80 Å². The van der Waals surface area contributed by atoms with Gasteiger partial charge >= 0.3 is 0 Å². The van der Waals surface area contributed by atoms with Crippen molar-refractivity contribution < 1.29 is 5.11 Å². The van der Waals surface area contributed by atoms with Crippen molar-refractivity contribution in [2.75, 3.05) is 26.2 Å². The average molecular weight is 250 g/mol. The van der Waals surface area contributed by atoms with Gasteiger partial charge in [-0.15, -0.1) is 0 Å². The van der Waals surface area contributed by atoms with Crippen LogP contribution in [-0.2, 0) is 0 Å². The van der Waals surface area contributed by atoms with E-state index in [4.69, 9.17) is 0 Å². The highest BCUT2D eigenvalue weighted by Gasteiger charge is 2.47. The summed E-state index contributed by atoms with van der Waals surface area (Å²) in [5, 5.41) is 9.89. The van der Waals surface area contributed by atoms with Gasteiger partial charge in [-0.25, -0.2) is 0 Å². The van der Waals surface area contributed by atoms with Gasteiger partial charge in [-0.2, -0.15) is 0 Å². The molecule has 0 aromatic rings. The maximum absolute atomic E-state index is 9.89. The minimum absolute atomic E-state index is 0.0532. The number of hydrogen-bond donors (Lipinski definition) is 1. The lowest BCUT2D eigenvalue weighted by Crippen LogP contribution is -2.64. The third-order valence-electron chi connectivity index (χ3n) is 6.01. The fraction of sp³-hybridized carbons (Fsp3) is 1.00. The molecule has 0 saturated carbocycles. The van der Waals surface area contributed by atoms with E-state index in [9.17, 15) is 5.11 Å². The predicted molar refractivity (Wildman–Crippen MR) is 71.4 cm³/mol. The fourth-order valence-corrected chi connectivity index (χ4v) is 5.26. The van der Waals surface area contributed by atoms with Crippen LogP contribution in [0.15, 0.2) is 0 Å². The van der Waals surface area contributed by atoms with Gasteiger partial charge in [-0.05, 0) is 50.5 Å². The molecule has 4 heterocycles. The van der Waals surface area contributed by atoms with E-state index in [0.29, 0.717) is 0 Å². The second-order valence-electron chi connectivity index (χ2n) is 7.07. The summed E-state index contributed by atoms with van der Waals surface area (Å²) < 4.78 is 0. The molecule has 0 radical (unpaired) electrons. The fourth-order valence-electron chi connectivity index (χ4n) is 5.26. The summed E-state index contributed by atoms with van der Waals surface area (Å²) in [4.78, 5) is 5.45. The standard InChI is InChI=1S/C15H26N2O/c18-13-4-5-15-11-7-12(9-17(15)10-13)14-3-1-2-6-16(14)8-11/h11-15,18H,1-10H2/t11-,12-,13?,14+,15-/m0/s1. The van der Waals surface area contributed by atoms with Gasteiger partial charge in [0.2, 0.25) is 0 Å². The van der Waals surface area contributed by atoms with E-state index < -0.39 is 0 Å². The van der Waals surface area contributed by atoms with Gasteiger partial charge in [0.05, 0.1) is 6.10 Å². The highest BCUT2D eigenvalue weighted by atomic mass is 16.3. The lowest BCUT2D eigenvalue weighted by atomic mass is 9.71. The van der Waals surface area contributed by atoms with Gasteiger partial charge in [-0.1, -0.05) is 6.42 Å². The smallest absolute Gasteiger partial charge is 0.0667 e. The van der Waals surface area contributed by atoms with Crippen molar-refractivity contribution in [3.8, 4) is 0 Å². The Labute approximate surface area is 110 Å². The third kappa shape index (κ3) is 1.83. The molecule has 4 rings (SSSR count). The quantitative estimate of drug-likeness (QED) is 0.702. The molecule has 4 fully saturated rings. The first-order chi connectivity index (χ1) is 8.81. The van der Waals surface area contributed by atoms with Crippen LogP contribution in [-0.4, -0.2) is 59.3 Å². The summed E-state index contributed by atoms with van der Waals surface area (Å²) in [7, 11) is 0. The van der Waals surface area contributed by atoms with Crippen LogP contribution in [0.2, 0.25) is 0 Å². The second-order valence-corrected chi connectivity index (χ2v) is 7.07. The van der Waals surface area contributed by atoms with E-state index in [0.717, 1.165) is 36.9 Å². The van der Waals surface area contributed by atoms with Crippen molar-refractivity contribution in [2.45, 2.75) is 56.7 Å². The Morgan fingerprint density at radius 2 is 1.56 bits per heavy atom. The molecule has 0 amide bonds. The summed E-state index contributed by atoms with van der Waals surface area (Å²) in [6.45, 7) is 4.91. The second kappa shape index (κ2) is 4.46. The van der Waals surface area contributed by atoms with Gasteiger partial charge in [0, 0.05) is 31.7 Å². The number of aliphatic hydroxyl groups is 1. The molecule has 0 aromatic heterocycles. The maximum atomic E-state index is 9.89. The largest absolute Gasteiger partial charge is 0.392 e. The summed E-state index contributed by atoms with van der Waals surface area (Å²) >= 11 is 0. The molecule has 1 unspecified atom stereocenters. The Hall–Kier alpha value is -0.120. The molecule has 2 bridgehead atoms. The van der Waals surface area contributed by atoms with Crippen molar-refractivity contribution in [1.82, 2.24) is 9.80 Å². The first kappa shape index (κ1) is 11.7. The maximum Gasteiger partial charge on any atom is 0.0667 e. The molecule has 4 aliphatic heterocycles. The van der Waals surface area contributed by atoms with Crippen LogP contribution >= 0.6 is 0 Å². The molecule has 0 aromatic carbocycles. The minimum Gasteiger partial charge on any atom is -0.392 e. The summed E-state index contributed by atoms with van der Waals surface area (Å²) in [5.41, 5.74) is 0. The average Bonchev–Trinajstić information content (AvgIpc) is 2.38. The molecule has 3 nitrogen and oxygen atoms in total. The number of rotatable bonds is 0. The van der Waals surface area contributed by atoms with Crippen molar-refractivity contribution in [2.24, 2.45) is 11.8 Å². The molecule has 102 valence electrons. The van der Waals surface area contributed by atoms with Crippen LogP contribution in [0.4, 0.5) is 0 Å². The number of piperidine rings is 4. The number of fused-ring (bicyclic) bond motifs is 6. The molecule has 4 aliphatic rings. The number of aliphatic hydroxyl groups excluding tert-OH is 1. The van der Waals surface area contributed by atoms with E-state index >= 15 is 0 Å². The molecule has 4 saturated heterocycles. The van der Waals surface area contributed by atoms with Crippen LogP contribution in [0.3, 0.4) is 0 Å². The Kier molecular flexibility index (Phi) is 2.90. The normalized spacial score (nSPS) is 49.5. The molecule has 3 heteroatoms. The van der Waals surface area contributed by atoms with Crippen LogP contribution in [0.5, 0.6) is 0 Å². The molecule has 18 heavy (non-hydrogen) atoms. The zero-order valence-corrected chi connectivity index (χ0v) is 11.3. The van der Waals surface area contributed by atoms with Crippen LogP contribution in [0.1, 0.15) is 38.5 Å². The number of nitrogens with zero attached hydrogens (tertiary/aromatic N) is 2. The highest BCUT2D eigenvalue weighted by molar-refractivity contribution is 5.01. The van der Waals surface area contributed by atoms with E-state index in [1.54, 1.807) is 0 Å². The Balaban J connectivity index is 1.54. The topological polar surface area (TPSA) is 26.7 Å². The lowest BCUT2D eigenvalue weighted by molar-refractivity contribution is -0.0912. The zero-order valence-electron chi connectivity index (χ0n) is 11.3. The van der Waals surface area contributed by atoms with Gasteiger partial charge in [0.1, 0.15) is 0 Å². The molecule has 0 aliphatic carbocycles. The predicted octanol–water partition coefficient (Wildman–Crippen LogP) is 1.32. The third-order valence-corrected chi connectivity index (χ3v) is 6.01. The monoisotopic (exact) mass is 250 g/mol. The molecular formula is C15H26N2O. The molecule has 5 atom stereocenters. The first-order valence-electron chi connectivity index (χ1n) is 7.97. The van der Waals surface area contributed by atoms with E-state index in [1.807, 2.05) is 0 Å². The zero-order chi connectivity index (χ0) is 12.1. The Morgan fingerprint density at radius 3 is 2.44 bits per heavy atom. The van der Waals surface area contributed by atoms with Gasteiger partial charge in [0.15, 0.2) is 0 Å². The Bertz CT molecular complexity index is 322. The van der Waals surface area contributed by atoms with Crippen LogP contribution < -0.4 is 0 Å². The van der Waals surface area contributed by atoms with Gasteiger partial charge in [0.25, 0.3) is 0 Å². The lowest BCUT2D eigenvalue weighted by Gasteiger charge is -2.57. The van der Waals surface area contributed by atoms with Crippen molar-refractivity contribution in [3.05, 3.63) is 0 Å². The van der Waals surface area contributed by atoms with Gasteiger partial charge < -0.3 is 5.11 Å². The highest BCUT2D eigenvalue weighted by Crippen LogP contribution is 2.42. The van der Waals surface area contributed by atoms with E-state index in [-0.39, 0.29) is 6.10 Å². The summed E-state index contributed by atoms with van der Waals surface area (Å²) in [5.74, 6) is 1.79. The Morgan fingerprint density at radius 1 is 0.778 bits per heavy atom. The van der Waals surface area contributed by atoms with E-state index in [1.165, 1.54) is 51.7 Å². The summed E-state index contributed by atoms with van der Waals surface area (Å²) in [6, 6.07) is 1.66. The van der Waals surface area contributed by atoms with Crippen molar-refractivity contribution in [3.63, 3.8) is 0 Å². The SMILES string of the molecule is OC1CC[C@H]2[C@H]3C[C@@H](CN2C1)[C@H]1CCCCN1C3. The van der Waals surface area contributed by atoms with Crippen LogP contribution in [0.25, 0.3) is 0 Å². The first-order valence-corrected chi connectivity index (χ1v) is 7.97. The minimum atomic E-state index is -0.0532. The van der Waals surface area contributed by atoms with Crippen molar-refractivity contribution >= 4 is 0 Å². The van der Waals surface area contributed by atoms with Crippen LogP contribution in [0, 0.1) is 11.8 Å². The van der Waals surface area contributed by atoms with Crippen molar-refractivity contribution in [1.29, 1.82) is 0 Å². The molecular weight excluding hydrogens is 224 g/mol. The van der Waals surface area contributed by atoms with E-state index in [2.05, 4.69) is 9.80 Å². The summed E-state index contributed by atoms with van der Waals surface area (Å²) in [6.07, 6.45) is 7.97. The molecule has 0 spiro atoms. The molecule has 1 N–H and O–H groups in total.